The Labute approximate surface area is 135 Å². The highest BCUT2D eigenvalue weighted by Gasteiger charge is 2.46. The van der Waals surface area contributed by atoms with Crippen molar-refractivity contribution in [1.29, 1.82) is 0 Å². The SMILES string of the molecule is CC(C)C1=NC(C(C2CC(C(C)C)=N2)C2CC(C(C)C)=N2)C1. The summed E-state index contributed by atoms with van der Waals surface area (Å²) in [6.45, 7) is 13.5. The first-order chi connectivity index (χ1) is 10.4. The number of rotatable bonds is 6. The number of hydrogen-bond donors (Lipinski definition) is 0. The van der Waals surface area contributed by atoms with Crippen molar-refractivity contribution in [2.24, 2.45) is 38.6 Å². The van der Waals surface area contributed by atoms with E-state index in [1.54, 1.807) is 0 Å². The van der Waals surface area contributed by atoms with Crippen molar-refractivity contribution < 1.29 is 0 Å². The van der Waals surface area contributed by atoms with Gasteiger partial charge in [-0.1, -0.05) is 41.5 Å². The van der Waals surface area contributed by atoms with Crippen LogP contribution >= 0.6 is 0 Å². The van der Waals surface area contributed by atoms with Crippen LogP contribution in [0, 0.1) is 23.7 Å². The third-order valence-electron chi connectivity index (χ3n) is 5.58. The van der Waals surface area contributed by atoms with E-state index in [-0.39, 0.29) is 0 Å². The Kier molecular flexibility index (Phi) is 4.26. The van der Waals surface area contributed by atoms with Crippen LogP contribution in [0.2, 0.25) is 0 Å². The minimum Gasteiger partial charge on any atom is -0.290 e. The molecule has 0 saturated carbocycles. The number of nitrogens with zero attached hydrogens (tertiary/aromatic N) is 3. The van der Waals surface area contributed by atoms with Crippen LogP contribution < -0.4 is 0 Å². The van der Waals surface area contributed by atoms with E-state index in [0.717, 1.165) is 0 Å². The molecule has 3 aliphatic rings. The lowest BCUT2D eigenvalue weighted by molar-refractivity contribution is 0.262. The van der Waals surface area contributed by atoms with Crippen molar-refractivity contribution in [3.8, 4) is 0 Å². The van der Waals surface area contributed by atoms with Crippen molar-refractivity contribution in [3.05, 3.63) is 0 Å². The zero-order valence-corrected chi connectivity index (χ0v) is 15.0. The van der Waals surface area contributed by atoms with Gasteiger partial charge in [0, 0.05) is 42.3 Å². The molecule has 0 radical (unpaired) electrons. The molecule has 0 N–H and O–H groups in total. The first kappa shape index (κ1) is 15.9. The Morgan fingerprint density at radius 1 is 0.591 bits per heavy atom. The summed E-state index contributed by atoms with van der Waals surface area (Å²) in [6.07, 6.45) is 3.52. The van der Waals surface area contributed by atoms with Crippen LogP contribution in [0.25, 0.3) is 0 Å². The first-order valence-electron chi connectivity index (χ1n) is 9.06. The molecule has 0 amide bonds. The summed E-state index contributed by atoms with van der Waals surface area (Å²) in [5, 5.41) is 0. The molecule has 3 nitrogen and oxygen atoms in total. The second kappa shape index (κ2) is 5.90. The molecule has 0 saturated heterocycles. The molecule has 0 aromatic heterocycles. The summed E-state index contributed by atoms with van der Waals surface area (Å²) < 4.78 is 0. The van der Waals surface area contributed by atoms with Gasteiger partial charge < -0.3 is 0 Å². The summed E-state index contributed by atoms with van der Waals surface area (Å²) in [4.78, 5) is 14.8. The van der Waals surface area contributed by atoms with Gasteiger partial charge >= 0.3 is 0 Å². The van der Waals surface area contributed by atoms with Gasteiger partial charge in [-0.2, -0.15) is 0 Å². The van der Waals surface area contributed by atoms with Gasteiger partial charge in [-0.25, -0.2) is 0 Å². The summed E-state index contributed by atoms with van der Waals surface area (Å²) in [5.74, 6) is 2.35. The lowest BCUT2D eigenvalue weighted by Gasteiger charge is -2.45. The number of aliphatic imine (C=N–C) groups is 3. The minimum atomic E-state index is 0.474. The van der Waals surface area contributed by atoms with Crippen molar-refractivity contribution in [2.45, 2.75) is 78.9 Å². The highest BCUT2D eigenvalue weighted by Crippen LogP contribution is 2.40. The maximum Gasteiger partial charge on any atom is 0.0620 e. The van der Waals surface area contributed by atoms with Crippen LogP contribution in [0.5, 0.6) is 0 Å². The zero-order valence-electron chi connectivity index (χ0n) is 15.0. The van der Waals surface area contributed by atoms with Gasteiger partial charge in [0.2, 0.25) is 0 Å². The van der Waals surface area contributed by atoms with Crippen LogP contribution in [0.1, 0.15) is 60.8 Å². The third kappa shape index (κ3) is 2.79. The molecular formula is C19H31N3. The van der Waals surface area contributed by atoms with Crippen molar-refractivity contribution >= 4 is 17.1 Å². The van der Waals surface area contributed by atoms with Crippen molar-refractivity contribution in [3.63, 3.8) is 0 Å². The van der Waals surface area contributed by atoms with E-state index in [1.807, 2.05) is 0 Å². The summed E-state index contributed by atoms with van der Waals surface area (Å²) in [5.41, 5.74) is 4.19. The van der Waals surface area contributed by atoms with Crippen LogP contribution in [0.15, 0.2) is 15.0 Å². The monoisotopic (exact) mass is 301 g/mol. The van der Waals surface area contributed by atoms with Gasteiger partial charge in [-0.3, -0.25) is 15.0 Å². The minimum absolute atomic E-state index is 0.474. The lowest BCUT2D eigenvalue weighted by Crippen LogP contribution is -2.51. The van der Waals surface area contributed by atoms with E-state index in [4.69, 9.17) is 15.0 Å². The highest BCUT2D eigenvalue weighted by atomic mass is 15.0. The molecule has 3 heterocycles. The zero-order chi connectivity index (χ0) is 16.0. The molecule has 22 heavy (non-hydrogen) atoms. The molecule has 3 heteroatoms. The largest absolute Gasteiger partial charge is 0.290 e. The Hall–Kier alpha value is -0.990. The quantitative estimate of drug-likeness (QED) is 0.705. The summed E-state index contributed by atoms with van der Waals surface area (Å²) >= 11 is 0. The molecule has 0 aromatic rings. The Bertz CT molecular complexity index is 449. The Balaban J connectivity index is 1.72. The van der Waals surface area contributed by atoms with Crippen LogP contribution in [-0.4, -0.2) is 35.3 Å². The van der Waals surface area contributed by atoms with Crippen molar-refractivity contribution in [1.82, 2.24) is 0 Å². The highest BCUT2D eigenvalue weighted by molar-refractivity contribution is 5.94. The van der Waals surface area contributed by atoms with E-state index < -0.39 is 0 Å². The lowest BCUT2D eigenvalue weighted by atomic mass is 9.71. The van der Waals surface area contributed by atoms with Gasteiger partial charge in [0.05, 0.1) is 18.1 Å². The van der Waals surface area contributed by atoms with E-state index in [9.17, 15) is 0 Å². The predicted octanol–water partition coefficient (Wildman–Crippen LogP) is 4.21. The smallest absolute Gasteiger partial charge is 0.0620 e. The maximum absolute atomic E-state index is 4.94. The first-order valence-corrected chi connectivity index (χ1v) is 9.06. The molecule has 0 bridgehead atoms. The molecule has 0 aliphatic carbocycles. The van der Waals surface area contributed by atoms with Gasteiger partial charge in [0.25, 0.3) is 0 Å². The molecule has 0 aromatic carbocycles. The second-order valence-corrected chi connectivity index (χ2v) is 8.22. The fraction of sp³-hybridized carbons (Fsp3) is 0.842. The standard InChI is InChI=1S/C19H31N3/c1-10(2)13-7-16(20-13)19(17-8-14(21-17)11(3)4)18-9-15(22-18)12(5)6/h10-12,16-19H,7-9H2,1-6H3. The second-order valence-electron chi connectivity index (χ2n) is 8.22. The van der Waals surface area contributed by atoms with Gasteiger partial charge in [-0.05, 0) is 17.8 Å². The molecule has 3 atom stereocenters. The maximum atomic E-state index is 4.94. The molecule has 122 valence electrons. The van der Waals surface area contributed by atoms with E-state index in [2.05, 4.69) is 41.5 Å². The Morgan fingerprint density at radius 2 is 0.818 bits per heavy atom. The molecule has 3 rings (SSSR count). The van der Waals surface area contributed by atoms with Crippen LogP contribution in [0.4, 0.5) is 0 Å². The van der Waals surface area contributed by atoms with Crippen LogP contribution in [0.3, 0.4) is 0 Å². The normalized spacial score (nSPS) is 32.0. The summed E-state index contributed by atoms with van der Waals surface area (Å²) in [6, 6.07) is 1.42. The number of hydrogen-bond acceptors (Lipinski definition) is 3. The fourth-order valence-electron chi connectivity index (χ4n) is 3.83. The molecule has 3 aliphatic heterocycles. The molecule has 0 spiro atoms. The Morgan fingerprint density at radius 3 is 1.00 bits per heavy atom. The predicted molar refractivity (Wildman–Crippen MR) is 95.5 cm³/mol. The summed E-state index contributed by atoms with van der Waals surface area (Å²) in [7, 11) is 0. The topological polar surface area (TPSA) is 37.1 Å². The van der Waals surface area contributed by atoms with Gasteiger partial charge in [0.1, 0.15) is 0 Å². The van der Waals surface area contributed by atoms with E-state index >= 15 is 0 Å². The average molecular weight is 301 g/mol. The van der Waals surface area contributed by atoms with Crippen molar-refractivity contribution in [2.75, 3.05) is 0 Å². The van der Waals surface area contributed by atoms with E-state index in [1.165, 1.54) is 36.4 Å². The van der Waals surface area contributed by atoms with Gasteiger partial charge in [-0.15, -0.1) is 0 Å². The van der Waals surface area contributed by atoms with E-state index in [0.29, 0.717) is 41.8 Å². The van der Waals surface area contributed by atoms with Crippen LogP contribution in [-0.2, 0) is 0 Å². The molecular weight excluding hydrogens is 270 g/mol. The molecule has 0 fully saturated rings. The molecule has 3 unspecified atom stereocenters. The third-order valence-corrected chi connectivity index (χ3v) is 5.58. The fourth-order valence-corrected chi connectivity index (χ4v) is 3.83. The average Bonchev–Trinajstić information content (AvgIpc) is 2.19. The van der Waals surface area contributed by atoms with Gasteiger partial charge in [0.15, 0.2) is 0 Å².